The van der Waals surface area contributed by atoms with Gasteiger partial charge in [-0.3, -0.25) is 0 Å². The zero-order chi connectivity index (χ0) is 12.8. The second kappa shape index (κ2) is 6.83. The van der Waals surface area contributed by atoms with Gasteiger partial charge in [0.1, 0.15) is 10.0 Å². The van der Waals surface area contributed by atoms with Crippen LogP contribution in [0, 0.1) is 0 Å². The van der Waals surface area contributed by atoms with E-state index in [9.17, 15) is 0 Å². The quantitative estimate of drug-likeness (QED) is 0.828. The van der Waals surface area contributed by atoms with Crippen molar-refractivity contribution in [3.8, 4) is 0 Å². The van der Waals surface area contributed by atoms with Crippen LogP contribution in [0.15, 0.2) is 24.3 Å². The molecule has 0 fully saturated rings. The largest absolute Gasteiger partial charge is 0.320 e. The van der Waals surface area contributed by atoms with Crippen LogP contribution in [-0.2, 0) is 12.8 Å². The molecule has 0 aliphatic carbocycles. The van der Waals surface area contributed by atoms with Gasteiger partial charge in [-0.25, -0.2) is 0 Å². The van der Waals surface area contributed by atoms with E-state index in [0.29, 0.717) is 0 Å². The molecule has 1 aromatic heterocycles. The average molecular weight is 282 g/mol. The van der Waals surface area contributed by atoms with Gasteiger partial charge in [-0.2, -0.15) is 0 Å². The van der Waals surface area contributed by atoms with Crippen molar-refractivity contribution in [2.45, 2.75) is 19.3 Å². The van der Waals surface area contributed by atoms with E-state index in [1.165, 1.54) is 0 Å². The first-order chi connectivity index (χ1) is 8.79. The summed E-state index contributed by atoms with van der Waals surface area (Å²) in [6.45, 7) is 1.01. The molecule has 0 saturated carbocycles. The number of aromatic nitrogens is 2. The number of nitrogens with zero attached hydrogens (tertiary/aromatic N) is 2. The van der Waals surface area contributed by atoms with E-state index in [0.717, 1.165) is 46.4 Å². The van der Waals surface area contributed by atoms with E-state index in [-0.39, 0.29) is 0 Å². The van der Waals surface area contributed by atoms with Gasteiger partial charge in [0, 0.05) is 17.9 Å². The summed E-state index contributed by atoms with van der Waals surface area (Å²) in [5.41, 5.74) is 1.11. The number of hydrogen-bond acceptors (Lipinski definition) is 4. The number of benzene rings is 1. The lowest BCUT2D eigenvalue weighted by Crippen LogP contribution is -2.08. The molecule has 0 unspecified atom stereocenters. The van der Waals surface area contributed by atoms with Crippen LogP contribution in [0.25, 0.3) is 0 Å². The van der Waals surface area contributed by atoms with Crippen LogP contribution in [0.1, 0.15) is 22.0 Å². The molecule has 0 radical (unpaired) electrons. The number of halogens is 1. The Morgan fingerprint density at radius 1 is 1.22 bits per heavy atom. The van der Waals surface area contributed by atoms with Crippen molar-refractivity contribution in [1.82, 2.24) is 15.5 Å². The van der Waals surface area contributed by atoms with Crippen molar-refractivity contribution in [1.29, 1.82) is 0 Å². The minimum atomic E-state index is 0.767. The van der Waals surface area contributed by atoms with Gasteiger partial charge in [0.05, 0.1) is 0 Å². The van der Waals surface area contributed by atoms with Crippen molar-refractivity contribution in [3.63, 3.8) is 0 Å². The van der Waals surface area contributed by atoms with Gasteiger partial charge in [-0.05, 0) is 31.6 Å². The van der Waals surface area contributed by atoms with Crippen molar-refractivity contribution >= 4 is 22.9 Å². The van der Waals surface area contributed by atoms with E-state index in [1.807, 2.05) is 31.3 Å². The van der Waals surface area contributed by atoms with Crippen molar-refractivity contribution in [3.05, 3.63) is 44.9 Å². The molecule has 1 N–H and O–H groups in total. The van der Waals surface area contributed by atoms with Crippen LogP contribution in [0.5, 0.6) is 0 Å². The molecule has 0 amide bonds. The van der Waals surface area contributed by atoms with Gasteiger partial charge >= 0.3 is 0 Å². The van der Waals surface area contributed by atoms with Gasteiger partial charge in [0.15, 0.2) is 0 Å². The van der Waals surface area contributed by atoms with E-state index in [4.69, 9.17) is 11.6 Å². The van der Waals surface area contributed by atoms with Gasteiger partial charge in [0.25, 0.3) is 0 Å². The Labute approximate surface area is 116 Å². The van der Waals surface area contributed by atoms with Crippen LogP contribution in [0.4, 0.5) is 0 Å². The molecule has 2 aromatic rings. The molecule has 0 aliphatic heterocycles. The molecule has 0 spiro atoms. The summed E-state index contributed by atoms with van der Waals surface area (Å²) < 4.78 is 0. The lowest BCUT2D eigenvalue weighted by molar-refractivity contribution is 0.717. The second-order valence-corrected chi connectivity index (χ2v) is 5.62. The molecule has 3 nitrogen and oxygen atoms in total. The van der Waals surface area contributed by atoms with E-state index < -0.39 is 0 Å². The van der Waals surface area contributed by atoms with Crippen LogP contribution in [0.3, 0.4) is 0 Å². The Morgan fingerprint density at radius 3 is 2.78 bits per heavy atom. The summed E-state index contributed by atoms with van der Waals surface area (Å²) in [6, 6.07) is 7.88. The fourth-order valence-electron chi connectivity index (χ4n) is 1.68. The highest BCUT2D eigenvalue weighted by atomic mass is 35.5. The Balaban J connectivity index is 1.96. The maximum Gasteiger partial charge on any atom is 0.121 e. The zero-order valence-electron chi connectivity index (χ0n) is 10.3. The molecule has 1 heterocycles. The van der Waals surface area contributed by atoms with Crippen molar-refractivity contribution < 1.29 is 0 Å². The van der Waals surface area contributed by atoms with Gasteiger partial charge < -0.3 is 5.32 Å². The predicted octanol–water partition coefficient (Wildman–Crippen LogP) is 2.93. The molecule has 0 aliphatic rings. The summed E-state index contributed by atoms with van der Waals surface area (Å²) in [5, 5.41) is 14.5. The second-order valence-electron chi connectivity index (χ2n) is 4.06. The average Bonchev–Trinajstić information content (AvgIpc) is 2.80. The molecule has 0 saturated heterocycles. The molecular formula is C13H16ClN3S. The number of rotatable bonds is 6. The van der Waals surface area contributed by atoms with Crippen LogP contribution in [-0.4, -0.2) is 23.8 Å². The molecule has 1 aromatic carbocycles. The van der Waals surface area contributed by atoms with Crippen LogP contribution >= 0.6 is 22.9 Å². The highest BCUT2D eigenvalue weighted by molar-refractivity contribution is 7.11. The Hall–Kier alpha value is -0.970. The van der Waals surface area contributed by atoms with E-state index in [2.05, 4.69) is 15.5 Å². The van der Waals surface area contributed by atoms with Crippen LogP contribution in [0.2, 0.25) is 5.02 Å². The fraction of sp³-hybridized carbons (Fsp3) is 0.385. The minimum absolute atomic E-state index is 0.767. The fourth-order valence-corrected chi connectivity index (χ4v) is 2.79. The first kappa shape index (κ1) is 13.5. The monoisotopic (exact) mass is 281 g/mol. The van der Waals surface area contributed by atoms with Crippen LogP contribution < -0.4 is 5.32 Å². The highest BCUT2D eigenvalue weighted by Gasteiger charge is 2.07. The Bertz CT molecular complexity index is 498. The maximum atomic E-state index is 6.13. The van der Waals surface area contributed by atoms with Crippen molar-refractivity contribution in [2.75, 3.05) is 13.6 Å². The summed E-state index contributed by atoms with van der Waals surface area (Å²) in [5.74, 6) is 0. The highest BCUT2D eigenvalue weighted by Crippen LogP contribution is 2.21. The van der Waals surface area contributed by atoms with Crippen molar-refractivity contribution in [2.24, 2.45) is 0 Å². The normalized spacial score (nSPS) is 10.8. The maximum absolute atomic E-state index is 6.13. The smallest absolute Gasteiger partial charge is 0.121 e. The summed E-state index contributed by atoms with van der Waals surface area (Å²) in [4.78, 5) is 0. The summed E-state index contributed by atoms with van der Waals surface area (Å²) >= 11 is 7.81. The third kappa shape index (κ3) is 3.77. The first-order valence-corrected chi connectivity index (χ1v) is 7.18. The summed E-state index contributed by atoms with van der Waals surface area (Å²) in [6.07, 6.45) is 2.85. The minimum Gasteiger partial charge on any atom is -0.320 e. The molecule has 96 valence electrons. The third-order valence-electron chi connectivity index (χ3n) is 2.63. The Kier molecular flexibility index (Phi) is 5.11. The summed E-state index contributed by atoms with van der Waals surface area (Å²) in [7, 11) is 1.96. The topological polar surface area (TPSA) is 37.8 Å². The molecule has 0 atom stereocenters. The molecule has 2 rings (SSSR count). The lowest BCUT2D eigenvalue weighted by atomic mass is 10.2. The Morgan fingerprint density at radius 2 is 2.00 bits per heavy atom. The SMILES string of the molecule is CNCCCc1nnc(Cc2ccccc2Cl)s1. The van der Waals surface area contributed by atoms with Gasteiger partial charge in [0.2, 0.25) is 0 Å². The van der Waals surface area contributed by atoms with E-state index >= 15 is 0 Å². The first-order valence-electron chi connectivity index (χ1n) is 5.99. The zero-order valence-corrected chi connectivity index (χ0v) is 11.9. The molecular weight excluding hydrogens is 266 g/mol. The number of nitrogens with one attached hydrogen (secondary N) is 1. The van der Waals surface area contributed by atoms with E-state index in [1.54, 1.807) is 11.3 Å². The third-order valence-corrected chi connectivity index (χ3v) is 3.98. The lowest BCUT2D eigenvalue weighted by Gasteiger charge is -1.99. The number of hydrogen-bond donors (Lipinski definition) is 1. The standard InChI is InChI=1S/C13H16ClN3S/c1-15-8-4-7-12-16-17-13(18-12)9-10-5-2-3-6-11(10)14/h2-3,5-6,15H,4,7-9H2,1H3. The van der Waals surface area contributed by atoms with Gasteiger partial charge in [-0.15, -0.1) is 21.5 Å². The molecule has 0 bridgehead atoms. The molecule has 18 heavy (non-hydrogen) atoms. The predicted molar refractivity (Wildman–Crippen MR) is 76.4 cm³/mol. The van der Waals surface area contributed by atoms with Gasteiger partial charge in [-0.1, -0.05) is 29.8 Å². The number of aryl methyl sites for hydroxylation is 1. The molecule has 5 heteroatoms.